The van der Waals surface area contributed by atoms with Gasteiger partial charge in [0.05, 0.1) is 7.11 Å². The molecule has 0 aromatic heterocycles. The van der Waals surface area contributed by atoms with Gasteiger partial charge in [-0.25, -0.2) is 4.39 Å². The smallest absolute Gasteiger partial charge is 0.169 e. The lowest BCUT2D eigenvalue weighted by atomic mass is 9.89. The number of rotatable bonds is 5. The van der Waals surface area contributed by atoms with Crippen molar-refractivity contribution in [2.45, 2.75) is 38.6 Å². The van der Waals surface area contributed by atoms with Gasteiger partial charge in [0.2, 0.25) is 0 Å². The summed E-state index contributed by atoms with van der Waals surface area (Å²) >= 11 is 0. The first-order valence-corrected chi connectivity index (χ1v) is 6.83. The van der Waals surface area contributed by atoms with Crippen LogP contribution in [0.1, 0.15) is 37.7 Å². The van der Waals surface area contributed by atoms with Gasteiger partial charge in [-0.15, -0.1) is 0 Å². The first-order valence-electron chi connectivity index (χ1n) is 6.83. The predicted octanol–water partition coefficient (Wildman–Crippen LogP) is 3.50. The van der Waals surface area contributed by atoms with E-state index in [2.05, 4.69) is 5.32 Å². The van der Waals surface area contributed by atoms with Crippen LogP contribution in [0.15, 0.2) is 18.2 Å². The molecule has 100 valence electrons. The van der Waals surface area contributed by atoms with E-state index in [0.29, 0.717) is 17.9 Å². The molecule has 1 N–H and O–H groups in total. The molecule has 2 rings (SSSR count). The summed E-state index contributed by atoms with van der Waals surface area (Å²) in [6.45, 7) is 1.58. The third kappa shape index (κ3) is 3.45. The molecule has 1 saturated carbocycles. The first-order chi connectivity index (χ1) is 8.81. The molecule has 1 aromatic carbocycles. The quantitative estimate of drug-likeness (QED) is 0.864. The lowest BCUT2D eigenvalue weighted by molar-refractivity contribution is 0.340. The summed E-state index contributed by atoms with van der Waals surface area (Å²) in [7, 11) is 1.50. The van der Waals surface area contributed by atoms with Crippen molar-refractivity contribution in [2.75, 3.05) is 13.7 Å². The maximum absolute atomic E-state index is 13.9. The molecule has 1 fully saturated rings. The van der Waals surface area contributed by atoms with E-state index in [4.69, 9.17) is 4.74 Å². The van der Waals surface area contributed by atoms with Crippen molar-refractivity contribution in [2.24, 2.45) is 5.92 Å². The summed E-state index contributed by atoms with van der Waals surface area (Å²) in [6, 6.07) is 5.30. The Hall–Kier alpha value is -1.09. The summed E-state index contributed by atoms with van der Waals surface area (Å²) in [5.41, 5.74) is 0.685. The van der Waals surface area contributed by atoms with Crippen LogP contribution in [0.2, 0.25) is 0 Å². The van der Waals surface area contributed by atoms with E-state index >= 15 is 0 Å². The number of hydrogen-bond donors (Lipinski definition) is 1. The lowest BCUT2D eigenvalue weighted by Gasteiger charge is -2.21. The second kappa shape index (κ2) is 6.74. The van der Waals surface area contributed by atoms with Crippen molar-refractivity contribution >= 4 is 0 Å². The minimum atomic E-state index is -0.240. The molecule has 2 nitrogen and oxygen atoms in total. The van der Waals surface area contributed by atoms with Gasteiger partial charge in [-0.2, -0.15) is 0 Å². The van der Waals surface area contributed by atoms with Crippen LogP contribution in [0.25, 0.3) is 0 Å². The molecule has 1 aromatic rings. The standard InChI is InChI=1S/C15H22FNO/c1-18-14-9-5-8-13(15(14)16)11-17-10-12-6-3-2-4-7-12/h5,8-9,12,17H,2-4,6-7,10-11H2,1H3. The summed E-state index contributed by atoms with van der Waals surface area (Å²) in [5.74, 6) is 0.857. The van der Waals surface area contributed by atoms with E-state index < -0.39 is 0 Å². The van der Waals surface area contributed by atoms with Gasteiger partial charge in [-0.05, 0) is 31.4 Å². The van der Waals surface area contributed by atoms with Gasteiger partial charge < -0.3 is 10.1 Å². The average molecular weight is 251 g/mol. The van der Waals surface area contributed by atoms with E-state index in [1.165, 1.54) is 39.2 Å². The molecule has 0 spiro atoms. The number of ether oxygens (including phenoxy) is 1. The van der Waals surface area contributed by atoms with Crippen molar-refractivity contribution in [1.29, 1.82) is 0 Å². The summed E-state index contributed by atoms with van der Waals surface area (Å²) in [6.07, 6.45) is 6.70. The Morgan fingerprint density at radius 1 is 1.28 bits per heavy atom. The maximum atomic E-state index is 13.9. The molecule has 1 aliphatic rings. The number of benzene rings is 1. The number of hydrogen-bond acceptors (Lipinski definition) is 2. The minimum absolute atomic E-state index is 0.240. The molecule has 18 heavy (non-hydrogen) atoms. The SMILES string of the molecule is COc1cccc(CNCC2CCCCC2)c1F. The van der Waals surface area contributed by atoms with Gasteiger partial charge in [-0.1, -0.05) is 31.4 Å². The van der Waals surface area contributed by atoms with E-state index in [9.17, 15) is 4.39 Å². The fraction of sp³-hybridized carbons (Fsp3) is 0.600. The number of nitrogens with one attached hydrogen (secondary N) is 1. The van der Waals surface area contributed by atoms with Crippen LogP contribution in [0.3, 0.4) is 0 Å². The van der Waals surface area contributed by atoms with Crippen LogP contribution in [-0.4, -0.2) is 13.7 Å². The van der Waals surface area contributed by atoms with Crippen molar-refractivity contribution < 1.29 is 9.13 Å². The van der Waals surface area contributed by atoms with E-state index in [0.717, 1.165) is 12.5 Å². The van der Waals surface area contributed by atoms with Gasteiger partial charge in [0, 0.05) is 12.1 Å². The Kier molecular flexibility index (Phi) is 5.00. The van der Waals surface area contributed by atoms with Gasteiger partial charge in [-0.3, -0.25) is 0 Å². The molecule has 0 radical (unpaired) electrons. The van der Waals surface area contributed by atoms with Crippen LogP contribution in [0.4, 0.5) is 4.39 Å². The van der Waals surface area contributed by atoms with Crippen molar-refractivity contribution in [3.63, 3.8) is 0 Å². The molecule has 0 unspecified atom stereocenters. The number of methoxy groups -OCH3 is 1. The highest BCUT2D eigenvalue weighted by molar-refractivity contribution is 5.30. The van der Waals surface area contributed by atoms with E-state index in [1.807, 2.05) is 12.1 Å². The maximum Gasteiger partial charge on any atom is 0.169 e. The number of halogens is 1. The third-order valence-corrected chi connectivity index (χ3v) is 3.74. The predicted molar refractivity (Wildman–Crippen MR) is 71.2 cm³/mol. The molecule has 1 aliphatic carbocycles. The minimum Gasteiger partial charge on any atom is -0.494 e. The fourth-order valence-corrected chi connectivity index (χ4v) is 2.65. The highest BCUT2D eigenvalue weighted by Crippen LogP contribution is 2.23. The molecule has 0 amide bonds. The molecular formula is C15H22FNO. The summed E-state index contributed by atoms with van der Waals surface area (Å²) in [4.78, 5) is 0. The van der Waals surface area contributed by atoms with Crippen LogP contribution < -0.4 is 10.1 Å². The third-order valence-electron chi connectivity index (χ3n) is 3.74. The zero-order valence-electron chi connectivity index (χ0n) is 11.0. The van der Waals surface area contributed by atoms with Gasteiger partial charge >= 0.3 is 0 Å². The van der Waals surface area contributed by atoms with E-state index in [-0.39, 0.29) is 5.82 Å². The van der Waals surface area contributed by atoms with Crippen molar-refractivity contribution in [3.05, 3.63) is 29.6 Å². The Morgan fingerprint density at radius 3 is 2.78 bits per heavy atom. The highest BCUT2D eigenvalue weighted by atomic mass is 19.1. The Morgan fingerprint density at radius 2 is 2.06 bits per heavy atom. The Bertz CT molecular complexity index is 375. The molecule has 0 aliphatic heterocycles. The fourth-order valence-electron chi connectivity index (χ4n) is 2.65. The highest BCUT2D eigenvalue weighted by Gasteiger charge is 2.13. The normalized spacial score (nSPS) is 16.8. The zero-order chi connectivity index (χ0) is 12.8. The van der Waals surface area contributed by atoms with Gasteiger partial charge in [0.25, 0.3) is 0 Å². The second-order valence-corrected chi connectivity index (χ2v) is 5.07. The van der Waals surface area contributed by atoms with Crippen molar-refractivity contribution in [1.82, 2.24) is 5.32 Å². The van der Waals surface area contributed by atoms with Crippen molar-refractivity contribution in [3.8, 4) is 5.75 Å². The molecule has 0 saturated heterocycles. The monoisotopic (exact) mass is 251 g/mol. The summed E-state index contributed by atoms with van der Waals surface area (Å²) < 4.78 is 18.9. The average Bonchev–Trinajstić information content (AvgIpc) is 2.42. The zero-order valence-corrected chi connectivity index (χ0v) is 11.0. The van der Waals surface area contributed by atoms with E-state index in [1.54, 1.807) is 6.07 Å². The van der Waals surface area contributed by atoms with Gasteiger partial charge in [0.1, 0.15) is 0 Å². The first kappa shape index (κ1) is 13.3. The lowest BCUT2D eigenvalue weighted by Crippen LogP contribution is -2.24. The molecule has 0 atom stereocenters. The van der Waals surface area contributed by atoms with Crippen LogP contribution in [-0.2, 0) is 6.54 Å². The Balaban J connectivity index is 1.82. The molecule has 0 heterocycles. The van der Waals surface area contributed by atoms with Crippen LogP contribution >= 0.6 is 0 Å². The molecule has 3 heteroatoms. The molecule has 0 bridgehead atoms. The van der Waals surface area contributed by atoms with Gasteiger partial charge in [0.15, 0.2) is 11.6 Å². The van der Waals surface area contributed by atoms with Crippen LogP contribution in [0.5, 0.6) is 5.75 Å². The molecular weight excluding hydrogens is 229 g/mol. The largest absolute Gasteiger partial charge is 0.494 e. The Labute approximate surface area is 109 Å². The van der Waals surface area contributed by atoms with Crippen LogP contribution in [0, 0.1) is 11.7 Å². The second-order valence-electron chi connectivity index (χ2n) is 5.07. The summed E-state index contributed by atoms with van der Waals surface area (Å²) in [5, 5.41) is 3.37. The topological polar surface area (TPSA) is 21.3 Å².